The Bertz CT molecular complexity index is 940. The summed E-state index contributed by atoms with van der Waals surface area (Å²) in [4.78, 5) is 8.94. The molecule has 4 rings (SSSR count). The molecule has 4 heteroatoms. The molecule has 0 bridgehead atoms. The van der Waals surface area contributed by atoms with Gasteiger partial charge in [0, 0.05) is 42.0 Å². The standard InChI is InChI=1S/C16H12ClN3/c1-9-10-3-5-18-16(17)12(10)7-11-13-8-20(2)6-4-14(13)19-15(9)11/h3-8H,1-2H3. The van der Waals surface area contributed by atoms with Gasteiger partial charge in [-0.25, -0.2) is 9.97 Å². The number of halogens is 1. The second kappa shape index (κ2) is 3.93. The van der Waals surface area contributed by atoms with Gasteiger partial charge in [0.1, 0.15) is 5.15 Å². The summed E-state index contributed by atoms with van der Waals surface area (Å²) in [7, 11) is 2.01. The van der Waals surface area contributed by atoms with Crippen molar-refractivity contribution in [1.29, 1.82) is 0 Å². The highest BCUT2D eigenvalue weighted by molar-refractivity contribution is 6.35. The molecule has 0 radical (unpaired) electrons. The molecule has 0 spiro atoms. The van der Waals surface area contributed by atoms with Crippen LogP contribution in [0.15, 0.2) is 36.8 Å². The second-order valence-electron chi connectivity index (χ2n) is 5.12. The molecule has 2 aliphatic rings. The number of hydrogen-bond acceptors (Lipinski definition) is 2. The Balaban J connectivity index is 2.28. The van der Waals surface area contributed by atoms with Gasteiger partial charge >= 0.3 is 0 Å². The molecular formula is C16H12ClN3. The van der Waals surface area contributed by atoms with Crippen molar-refractivity contribution < 1.29 is 0 Å². The van der Waals surface area contributed by atoms with Gasteiger partial charge in [-0.15, -0.1) is 0 Å². The van der Waals surface area contributed by atoms with Crippen LogP contribution in [0.5, 0.6) is 0 Å². The summed E-state index contributed by atoms with van der Waals surface area (Å²) in [6, 6.07) is 6.14. The van der Waals surface area contributed by atoms with Crippen LogP contribution in [-0.4, -0.2) is 14.5 Å². The first-order chi connectivity index (χ1) is 9.65. The van der Waals surface area contributed by atoms with Gasteiger partial charge in [-0.05, 0) is 36.1 Å². The van der Waals surface area contributed by atoms with E-state index in [1.807, 2.05) is 29.9 Å². The minimum atomic E-state index is 0.544. The van der Waals surface area contributed by atoms with Gasteiger partial charge in [0.05, 0.1) is 11.2 Å². The number of nitrogens with zero attached hydrogens (tertiary/aromatic N) is 3. The zero-order valence-corrected chi connectivity index (χ0v) is 11.9. The van der Waals surface area contributed by atoms with Gasteiger partial charge in [0.15, 0.2) is 0 Å². The molecule has 0 aliphatic carbocycles. The third kappa shape index (κ3) is 1.47. The molecule has 0 amide bonds. The molecule has 20 heavy (non-hydrogen) atoms. The van der Waals surface area contributed by atoms with Crippen molar-refractivity contribution in [3.63, 3.8) is 0 Å². The zero-order chi connectivity index (χ0) is 13.9. The van der Waals surface area contributed by atoms with Crippen molar-refractivity contribution in [2.24, 2.45) is 7.05 Å². The number of fused-ring (bicyclic) bond motifs is 4. The van der Waals surface area contributed by atoms with Gasteiger partial charge in [-0.2, -0.15) is 0 Å². The molecular weight excluding hydrogens is 270 g/mol. The quantitative estimate of drug-likeness (QED) is 0.453. The van der Waals surface area contributed by atoms with Crippen LogP contribution in [0.25, 0.3) is 32.9 Å². The highest BCUT2D eigenvalue weighted by Gasteiger charge is 2.16. The van der Waals surface area contributed by atoms with Crippen LogP contribution in [-0.2, 0) is 7.05 Å². The average Bonchev–Trinajstić information content (AvgIpc) is 2.79. The van der Waals surface area contributed by atoms with Crippen LogP contribution in [0, 0.1) is 6.92 Å². The Kier molecular flexibility index (Phi) is 2.30. The van der Waals surface area contributed by atoms with Crippen molar-refractivity contribution in [2.75, 3.05) is 0 Å². The molecule has 3 heterocycles. The maximum atomic E-state index is 6.24. The molecule has 0 N–H and O–H groups in total. The predicted octanol–water partition coefficient (Wildman–Crippen LogP) is 4.19. The lowest BCUT2D eigenvalue weighted by atomic mass is 10.0. The third-order valence-corrected chi connectivity index (χ3v) is 4.14. The third-order valence-electron chi connectivity index (χ3n) is 3.84. The number of rotatable bonds is 0. The van der Waals surface area contributed by atoms with Crippen molar-refractivity contribution in [3.8, 4) is 11.3 Å². The summed E-state index contributed by atoms with van der Waals surface area (Å²) < 4.78 is 2.04. The smallest absolute Gasteiger partial charge is 0.136 e. The number of pyridine rings is 2. The number of hydrogen-bond donors (Lipinski definition) is 0. The fourth-order valence-electron chi connectivity index (χ4n) is 2.82. The van der Waals surface area contributed by atoms with Gasteiger partial charge in [0.25, 0.3) is 0 Å². The SMILES string of the molecule is Cc1c2ccnc(Cl)c2cc2c3cn(C)ccc-3nc12. The van der Waals surface area contributed by atoms with E-state index in [2.05, 4.69) is 24.2 Å². The van der Waals surface area contributed by atoms with Gasteiger partial charge in [-0.3, -0.25) is 0 Å². The Morgan fingerprint density at radius 3 is 2.85 bits per heavy atom. The largest absolute Gasteiger partial charge is 0.356 e. The number of aryl methyl sites for hydroxylation is 2. The molecule has 0 fully saturated rings. The van der Waals surface area contributed by atoms with E-state index in [9.17, 15) is 0 Å². The lowest BCUT2D eigenvalue weighted by Crippen LogP contribution is -1.89. The predicted molar refractivity (Wildman–Crippen MR) is 82.4 cm³/mol. The minimum absolute atomic E-state index is 0.544. The van der Waals surface area contributed by atoms with Gasteiger partial charge in [0.2, 0.25) is 0 Å². The van der Waals surface area contributed by atoms with Gasteiger partial charge < -0.3 is 4.57 Å². The summed E-state index contributed by atoms with van der Waals surface area (Å²) in [6.45, 7) is 2.09. The van der Waals surface area contributed by atoms with E-state index in [0.717, 1.165) is 38.5 Å². The lowest BCUT2D eigenvalue weighted by Gasteiger charge is -2.05. The van der Waals surface area contributed by atoms with E-state index in [0.29, 0.717) is 5.15 Å². The molecule has 1 aromatic heterocycles. The van der Waals surface area contributed by atoms with Crippen molar-refractivity contribution >= 4 is 33.3 Å². The highest BCUT2D eigenvalue weighted by Crippen LogP contribution is 2.37. The molecule has 0 saturated heterocycles. The van der Waals surface area contributed by atoms with Crippen LogP contribution in [0.4, 0.5) is 0 Å². The summed E-state index contributed by atoms with van der Waals surface area (Å²) >= 11 is 6.24. The van der Waals surface area contributed by atoms with E-state index < -0.39 is 0 Å². The molecule has 0 unspecified atom stereocenters. The monoisotopic (exact) mass is 281 g/mol. The van der Waals surface area contributed by atoms with E-state index in [1.165, 1.54) is 0 Å². The fourth-order valence-corrected chi connectivity index (χ4v) is 3.03. The second-order valence-corrected chi connectivity index (χ2v) is 5.47. The topological polar surface area (TPSA) is 30.7 Å². The van der Waals surface area contributed by atoms with Crippen LogP contribution < -0.4 is 0 Å². The van der Waals surface area contributed by atoms with E-state index in [1.54, 1.807) is 6.20 Å². The van der Waals surface area contributed by atoms with Crippen molar-refractivity contribution in [1.82, 2.24) is 14.5 Å². The normalized spacial score (nSPS) is 11.8. The Morgan fingerprint density at radius 2 is 2.00 bits per heavy atom. The number of aromatic nitrogens is 3. The summed E-state index contributed by atoms with van der Waals surface area (Å²) in [6.07, 6.45) is 5.85. The maximum Gasteiger partial charge on any atom is 0.136 e. The maximum absolute atomic E-state index is 6.24. The minimum Gasteiger partial charge on any atom is -0.356 e. The molecule has 2 aliphatic heterocycles. The molecule has 1 aromatic carbocycles. The summed E-state index contributed by atoms with van der Waals surface area (Å²) in [5, 5.41) is 3.78. The van der Waals surface area contributed by atoms with Crippen LogP contribution in [0.2, 0.25) is 5.15 Å². The first-order valence-corrected chi connectivity index (χ1v) is 6.82. The molecule has 2 aromatic rings. The first kappa shape index (κ1) is 11.7. The van der Waals surface area contributed by atoms with E-state index >= 15 is 0 Å². The lowest BCUT2D eigenvalue weighted by molar-refractivity contribution is 0.905. The molecule has 98 valence electrons. The molecule has 0 atom stereocenters. The number of benzene rings is 1. The summed E-state index contributed by atoms with van der Waals surface area (Å²) in [5.74, 6) is 0. The Labute approximate surface area is 121 Å². The first-order valence-electron chi connectivity index (χ1n) is 6.44. The van der Waals surface area contributed by atoms with E-state index in [-0.39, 0.29) is 0 Å². The molecule has 0 saturated carbocycles. The van der Waals surface area contributed by atoms with Crippen LogP contribution >= 0.6 is 11.6 Å². The Hall–Kier alpha value is -2.13. The Morgan fingerprint density at radius 1 is 1.15 bits per heavy atom. The van der Waals surface area contributed by atoms with Crippen LogP contribution in [0.3, 0.4) is 0 Å². The average molecular weight is 282 g/mol. The van der Waals surface area contributed by atoms with E-state index in [4.69, 9.17) is 16.6 Å². The summed E-state index contributed by atoms with van der Waals surface area (Å²) in [5.41, 5.74) is 4.36. The van der Waals surface area contributed by atoms with Crippen LogP contribution in [0.1, 0.15) is 5.56 Å². The highest BCUT2D eigenvalue weighted by atomic mass is 35.5. The molecule has 3 nitrogen and oxygen atoms in total. The fraction of sp³-hybridized carbons (Fsp3) is 0.125. The zero-order valence-electron chi connectivity index (χ0n) is 11.2. The van der Waals surface area contributed by atoms with Crippen molar-refractivity contribution in [2.45, 2.75) is 6.92 Å². The van der Waals surface area contributed by atoms with Crippen molar-refractivity contribution in [3.05, 3.63) is 47.5 Å². The van der Waals surface area contributed by atoms with Gasteiger partial charge in [-0.1, -0.05) is 11.6 Å².